The van der Waals surface area contributed by atoms with Crippen LogP contribution in [0.5, 0.6) is 0 Å². The van der Waals surface area contributed by atoms with Gasteiger partial charge in [-0.3, -0.25) is 4.79 Å². The summed E-state index contributed by atoms with van der Waals surface area (Å²) >= 11 is 0. The van der Waals surface area contributed by atoms with Crippen molar-refractivity contribution >= 4 is 15.9 Å². The van der Waals surface area contributed by atoms with Crippen LogP contribution in [0, 0.1) is 17.7 Å². The predicted octanol–water partition coefficient (Wildman–Crippen LogP) is 3.00. The first-order chi connectivity index (χ1) is 14.9. The van der Waals surface area contributed by atoms with Gasteiger partial charge in [0, 0.05) is 44.7 Å². The van der Waals surface area contributed by atoms with Crippen molar-refractivity contribution in [1.82, 2.24) is 14.5 Å². The lowest BCUT2D eigenvalue weighted by Gasteiger charge is -2.35. The van der Waals surface area contributed by atoms with Crippen molar-refractivity contribution in [2.75, 3.05) is 32.7 Å². The molecule has 0 radical (unpaired) electrons. The zero-order chi connectivity index (χ0) is 21.8. The molecule has 1 amide bonds. The fraction of sp³-hybridized carbons (Fsp3) is 0.696. The predicted molar refractivity (Wildman–Crippen MR) is 117 cm³/mol. The van der Waals surface area contributed by atoms with Crippen LogP contribution in [0.2, 0.25) is 0 Å². The van der Waals surface area contributed by atoms with Gasteiger partial charge < -0.3 is 10.2 Å². The number of amides is 1. The fourth-order valence-corrected chi connectivity index (χ4v) is 6.82. The third-order valence-corrected chi connectivity index (χ3v) is 9.14. The number of halogens is 1. The van der Waals surface area contributed by atoms with E-state index >= 15 is 0 Å². The molecule has 3 aliphatic rings. The Morgan fingerprint density at radius 2 is 1.61 bits per heavy atom. The van der Waals surface area contributed by atoms with Crippen molar-refractivity contribution in [3.63, 3.8) is 0 Å². The summed E-state index contributed by atoms with van der Waals surface area (Å²) in [6.07, 6.45) is 8.39. The largest absolute Gasteiger partial charge is 0.353 e. The SMILES string of the molecule is O=C(NC1CCN(CC2CCCC2)CC1)C1CCN(S(=O)(=O)c2ccccc2F)CC1. The van der Waals surface area contributed by atoms with Gasteiger partial charge in [0.05, 0.1) is 0 Å². The van der Waals surface area contributed by atoms with Crippen LogP contribution in [0.15, 0.2) is 29.2 Å². The molecule has 0 aromatic heterocycles. The molecular formula is C23H34FN3O3S. The van der Waals surface area contributed by atoms with Crippen LogP contribution in [0.1, 0.15) is 51.4 Å². The summed E-state index contributed by atoms with van der Waals surface area (Å²) in [6.45, 7) is 3.78. The Balaban J connectivity index is 1.22. The third kappa shape index (κ3) is 5.46. The van der Waals surface area contributed by atoms with Crippen molar-refractivity contribution in [3.8, 4) is 0 Å². The average Bonchev–Trinajstić information content (AvgIpc) is 3.28. The lowest BCUT2D eigenvalue weighted by atomic mass is 9.95. The molecule has 0 bridgehead atoms. The van der Waals surface area contributed by atoms with E-state index in [2.05, 4.69) is 10.2 Å². The molecule has 1 aliphatic carbocycles. The molecule has 1 aromatic rings. The van der Waals surface area contributed by atoms with Crippen LogP contribution >= 0.6 is 0 Å². The van der Waals surface area contributed by atoms with Crippen LogP contribution in [0.3, 0.4) is 0 Å². The number of sulfonamides is 1. The highest BCUT2D eigenvalue weighted by Crippen LogP contribution is 2.28. The number of hydrogen-bond acceptors (Lipinski definition) is 4. The van der Waals surface area contributed by atoms with Gasteiger partial charge >= 0.3 is 0 Å². The number of likely N-dealkylation sites (tertiary alicyclic amines) is 1. The van der Waals surface area contributed by atoms with E-state index in [0.717, 1.165) is 37.9 Å². The van der Waals surface area contributed by atoms with Crippen LogP contribution in [0.25, 0.3) is 0 Å². The number of carbonyl (C=O) groups excluding carboxylic acids is 1. The molecule has 1 saturated carbocycles. The quantitative estimate of drug-likeness (QED) is 0.722. The normalized spacial score (nSPS) is 23.3. The number of benzene rings is 1. The van der Waals surface area contributed by atoms with Gasteiger partial charge in [-0.1, -0.05) is 25.0 Å². The van der Waals surface area contributed by atoms with Crippen molar-refractivity contribution < 1.29 is 17.6 Å². The second-order valence-corrected chi connectivity index (χ2v) is 11.2. The number of nitrogens with one attached hydrogen (secondary N) is 1. The Hall–Kier alpha value is -1.51. The van der Waals surface area contributed by atoms with Crippen LogP contribution in [-0.4, -0.2) is 62.3 Å². The summed E-state index contributed by atoms with van der Waals surface area (Å²) in [5.41, 5.74) is 0. The first kappa shape index (κ1) is 22.7. The van der Waals surface area contributed by atoms with E-state index in [0.29, 0.717) is 12.8 Å². The summed E-state index contributed by atoms with van der Waals surface area (Å²) in [7, 11) is -3.86. The van der Waals surface area contributed by atoms with Gasteiger partial charge in [0.2, 0.25) is 15.9 Å². The van der Waals surface area contributed by atoms with E-state index in [1.54, 1.807) is 0 Å². The van der Waals surface area contributed by atoms with Gasteiger partial charge in [-0.15, -0.1) is 0 Å². The number of piperidine rings is 2. The Kier molecular flexibility index (Phi) is 7.29. The smallest absolute Gasteiger partial charge is 0.245 e. The maximum absolute atomic E-state index is 14.0. The van der Waals surface area contributed by atoms with Gasteiger partial charge in [0.25, 0.3) is 0 Å². The highest BCUT2D eigenvalue weighted by molar-refractivity contribution is 7.89. The van der Waals surface area contributed by atoms with Gasteiger partial charge in [0.1, 0.15) is 10.7 Å². The fourth-order valence-electron chi connectivity index (χ4n) is 5.29. The standard InChI is InChI=1S/C23H34FN3O3S/c24-21-7-3-4-8-22(21)31(29,30)27-15-9-19(10-16-27)23(28)25-20-11-13-26(14-12-20)17-18-5-1-2-6-18/h3-4,7-8,18-20H,1-2,5-6,9-17H2,(H,25,28). The summed E-state index contributed by atoms with van der Waals surface area (Å²) in [4.78, 5) is 15.0. The number of hydrogen-bond donors (Lipinski definition) is 1. The molecule has 0 spiro atoms. The average molecular weight is 452 g/mol. The maximum Gasteiger partial charge on any atom is 0.245 e. The summed E-state index contributed by atoms with van der Waals surface area (Å²) < 4.78 is 40.7. The molecule has 31 heavy (non-hydrogen) atoms. The van der Waals surface area contributed by atoms with E-state index in [9.17, 15) is 17.6 Å². The molecule has 0 unspecified atom stereocenters. The minimum absolute atomic E-state index is 0.0391. The molecule has 3 fully saturated rings. The Morgan fingerprint density at radius 3 is 2.26 bits per heavy atom. The lowest BCUT2D eigenvalue weighted by Crippen LogP contribution is -2.49. The number of rotatable bonds is 6. The molecule has 2 heterocycles. The van der Waals surface area contributed by atoms with E-state index in [1.807, 2.05) is 0 Å². The highest BCUT2D eigenvalue weighted by atomic mass is 32.2. The molecule has 8 heteroatoms. The van der Waals surface area contributed by atoms with E-state index < -0.39 is 15.8 Å². The van der Waals surface area contributed by atoms with Crippen LogP contribution < -0.4 is 5.32 Å². The Labute approximate surface area is 185 Å². The Bertz CT molecular complexity index is 857. The zero-order valence-electron chi connectivity index (χ0n) is 18.1. The first-order valence-corrected chi connectivity index (χ1v) is 13.1. The van der Waals surface area contributed by atoms with Gasteiger partial charge in [-0.05, 0) is 56.6 Å². The van der Waals surface area contributed by atoms with Gasteiger partial charge in [-0.2, -0.15) is 4.31 Å². The molecule has 2 aliphatic heterocycles. The minimum Gasteiger partial charge on any atom is -0.353 e. The molecule has 6 nitrogen and oxygen atoms in total. The summed E-state index contributed by atoms with van der Waals surface area (Å²) in [5, 5.41) is 3.20. The van der Waals surface area contributed by atoms with Crippen LogP contribution in [-0.2, 0) is 14.8 Å². The molecule has 2 saturated heterocycles. The van der Waals surface area contributed by atoms with Crippen molar-refractivity contribution in [1.29, 1.82) is 0 Å². The number of carbonyl (C=O) groups is 1. The van der Waals surface area contributed by atoms with Crippen molar-refractivity contribution in [3.05, 3.63) is 30.1 Å². The highest BCUT2D eigenvalue weighted by Gasteiger charge is 2.34. The first-order valence-electron chi connectivity index (χ1n) is 11.7. The van der Waals surface area contributed by atoms with E-state index in [4.69, 9.17) is 0 Å². The topological polar surface area (TPSA) is 69.7 Å². The van der Waals surface area contributed by atoms with Crippen LogP contribution in [0.4, 0.5) is 4.39 Å². The van der Waals surface area contributed by atoms with Gasteiger partial charge in [-0.25, -0.2) is 12.8 Å². The second-order valence-electron chi connectivity index (χ2n) is 9.34. The zero-order valence-corrected chi connectivity index (χ0v) is 19.0. The van der Waals surface area contributed by atoms with E-state index in [1.165, 1.54) is 54.7 Å². The Morgan fingerprint density at radius 1 is 0.968 bits per heavy atom. The molecule has 172 valence electrons. The third-order valence-electron chi connectivity index (χ3n) is 7.20. The molecule has 4 rings (SSSR count). The monoisotopic (exact) mass is 451 g/mol. The van der Waals surface area contributed by atoms with E-state index in [-0.39, 0.29) is 35.9 Å². The minimum atomic E-state index is -3.86. The maximum atomic E-state index is 14.0. The summed E-state index contributed by atoms with van der Waals surface area (Å²) in [6, 6.07) is 5.67. The lowest BCUT2D eigenvalue weighted by molar-refractivity contribution is -0.127. The number of nitrogens with zero attached hydrogens (tertiary/aromatic N) is 2. The van der Waals surface area contributed by atoms with Crippen molar-refractivity contribution in [2.45, 2.75) is 62.3 Å². The van der Waals surface area contributed by atoms with Gasteiger partial charge in [0.15, 0.2) is 0 Å². The molecule has 0 atom stereocenters. The molecule has 1 N–H and O–H groups in total. The second kappa shape index (κ2) is 9.96. The summed E-state index contributed by atoms with van der Waals surface area (Å²) in [5.74, 6) is -0.0145. The molecule has 1 aromatic carbocycles. The molecular weight excluding hydrogens is 417 g/mol. The van der Waals surface area contributed by atoms with Crippen molar-refractivity contribution in [2.24, 2.45) is 11.8 Å².